The van der Waals surface area contributed by atoms with E-state index in [0.29, 0.717) is 29.1 Å². The Balaban J connectivity index is 1.62. The zero-order valence-corrected chi connectivity index (χ0v) is 16.4. The normalized spacial score (nSPS) is 10.7. The second-order valence-electron chi connectivity index (χ2n) is 6.39. The number of aryl methyl sites for hydroxylation is 1. The smallest absolute Gasteiger partial charge is 0.419 e. The molecule has 3 rings (SSSR count). The number of likely N-dealkylation sites (N-methyl/N-ethyl adjacent to an activating group) is 1. The largest absolute Gasteiger partial charge is 0.495 e. The number of aromatic nitrogens is 1. The van der Waals surface area contributed by atoms with E-state index in [1.807, 2.05) is 0 Å². The quantitative estimate of drug-likeness (QED) is 0.630. The van der Waals surface area contributed by atoms with Crippen LogP contribution in [0.25, 0.3) is 11.1 Å². The van der Waals surface area contributed by atoms with E-state index in [-0.39, 0.29) is 31.3 Å². The van der Waals surface area contributed by atoms with Crippen LogP contribution in [0.4, 0.5) is 5.69 Å². The number of nitrogens with one attached hydrogen (secondary N) is 1. The lowest BCUT2D eigenvalue weighted by Gasteiger charge is -2.20. The summed E-state index contributed by atoms with van der Waals surface area (Å²) in [6.07, 6.45) is 0.0826. The highest BCUT2D eigenvalue weighted by molar-refractivity contribution is 5.95. The van der Waals surface area contributed by atoms with E-state index in [2.05, 4.69) is 5.32 Å². The zero-order chi connectivity index (χ0) is 20.8. The van der Waals surface area contributed by atoms with Gasteiger partial charge in [0.1, 0.15) is 5.75 Å². The third kappa shape index (κ3) is 4.66. The molecule has 1 aromatic heterocycles. The van der Waals surface area contributed by atoms with Crippen molar-refractivity contribution in [2.24, 2.45) is 0 Å². The molecule has 0 radical (unpaired) electrons. The summed E-state index contributed by atoms with van der Waals surface area (Å²) >= 11 is 0. The van der Waals surface area contributed by atoms with E-state index in [9.17, 15) is 14.4 Å². The predicted octanol–water partition coefficient (Wildman–Crippen LogP) is 2.48. The third-order valence-corrected chi connectivity index (χ3v) is 4.57. The molecule has 2 amide bonds. The molecule has 0 saturated carbocycles. The molecule has 0 aliphatic carbocycles. The Labute approximate surface area is 167 Å². The summed E-state index contributed by atoms with van der Waals surface area (Å²) in [6.45, 7) is 2.26. The standard InChI is InChI=1S/C21H23N3O5/c1-3-23(14-19(25)22-15-8-4-6-10-17(15)28-2)20(26)12-13-24-16-9-5-7-11-18(16)29-21(24)27/h4-11H,3,12-14H2,1-2H3,(H,22,25). The highest BCUT2D eigenvalue weighted by atomic mass is 16.5. The summed E-state index contributed by atoms with van der Waals surface area (Å²) in [7, 11) is 1.52. The van der Waals surface area contributed by atoms with Gasteiger partial charge in [0.05, 0.1) is 24.9 Å². The van der Waals surface area contributed by atoms with Gasteiger partial charge in [0.15, 0.2) is 5.58 Å². The fourth-order valence-corrected chi connectivity index (χ4v) is 3.08. The molecule has 0 atom stereocenters. The Hall–Kier alpha value is -3.55. The second kappa shape index (κ2) is 9.09. The first kappa shape index (κ1) is 20.2. The van der Waals surface area contributed by atoms with Crippen molar-refractivity contribution in [3.63, 3.8) is 0 Å². The monoisotopic (exact) mass is 397 g/mol. The maximum atomic E-state index is 12.6. The molecule has 0 bridgehead atoms. The van der Waals surface area contributed by atoms with Crippen molar-refractivity contribution in [3.05, 3.63) is 59.1 Å². The molecule has 152 valence electrons. The maximum Gasteiger partial charge on any atom is 0.419 e. The van der Waals surface area contributed by atoms with Crippen molar-refractivity contribution in [1.29, 1.82) is 0 Å². The Bertz CT molecular complexity index is 1070. The Morgan fingerprint density at radius 2 is 1.86 bits per heavy atom. The van der Waals surface area contributed by atoms with E-state index in [1.165, 1.54) is 16.6 Å². The molecule has 1 N–H and O–H groups in total. The van der Waals surface area contributed by atoms with Crippen LogP contribution in [-0.4, -0.2) is 41.5 Å². The van der Waals surface area contributed by atoms with Crippen molar-refractivity contribution in [3.8, 4) is 5.75 Å². The molecule has 0 aliphatic heterocycles. The Morgan fingerprint density at radius 3 is 2.62 bits per heavy atom. The second-order valence-corrected chi connectivity index (χ2v) is 6.39. The minimum Gasteiger partial charge on any atom is -0.495 e. The van der Waals surface area contributed by atoms with Gasteiger partial charge in [-0.15, -0.1) is 0 Å². The van der Waals surface area contributed by atoms with Crippen LogP contribution in [0.3, 0.4) is 0 Å². The van der Waals surface area contributed by atoms with E-state index in [1.54, 1.807) is 55.5 Å². The number of methoxy groups -OCH3 is 1. The summed E-state index contributed by atoms with van der Waals surface area (Å²) in [5.74, 6) is -0.507. The van der Waals surface area contributed by atoms with Gasteiger partial charge in [-0.2, -0.15) is 0 Å². The number of fused-ring (bicyclic) bond motifs is 1. The van der Waals surface area contributed by atoms with Crippen LogP contribution in [-0.2, 0) is 16.1 Å². The first-order chi connectivity index (χ1) is 14.0. The molecule has 29 heavy (non-hydrogen) atoms. The number of para-hydroxylation sites is 4. The number of ether oxygens (including phenoxy) is 1. The first-order valence-corrected chi connectivity index (χ1v) is 9.32. The average Bonchev–Trinajstić information content (AvgIpc) is 3.05. The van der Waals surface area contributed by atoms with E-state index >= 15 is 0 Å². The molecule has 0 spiro atoms. The van der Waals surface area contributed by atoms with Gasteiger partial charge in [-0.1, -0.05) is 24.3 Å². The first-order valence-electron chi connectivity index (χ1n) is 9.32. The lowest BCUT2D eigenvalue weighted by molar-refractivity contribution is -0.134. The molecule has 0 saturated heterocycles. The van der Waals surface area contributed by atoms with Gasteiger partial charge in [0, 0.05) is 19.5 Å². The van der Waals surface area contributed by atoms with Crippen LogP contribution < -0.4 is 15.8 Å². The van der Waals surface area contributed by atoms with Crippen LogP contribution in [0.15, 0.2) is 57.7 Å². The molecular weight excluding hydrogens is 374 g/mol. The topological polar surface area (TPSA) is 93.8 Å². The highest BCUT2D eigenvalue weighted by Gasteiger charge is 2.18. The summed E-state index contributed by atoms with van der Waals surface area (Å²) in [4.78, 5) is 38.5. The minimum absolute atomic E-state index is 0.0826. The van der Waals surface area contributed by atoms with Crippen molar-refractivity contribution in [1.82, 2.24) is 9.47 Å². The number of oxazole rings is 1. The molecule has 0 aliphatic rings. The van der Waals surface area contributed by atoms with Gasteiger partial charge in [-0.05, 0) is 31.2 Å². The van der Waals surface area contributed by atoms with Gasteiger partial charge in [0.25, 0.3) is 0 Å². The number of carbonyl (C=O) groups is 2. The number of carbonyl (C=O) groups excluding carboxylic acids is 2. The van der Waals surface area contributed by atoms with Crippen molar-refractivity contribution >= 4 is 28.6 Å². The fourth-order valence-electron chi connectivity index (χ4n) is 3.08. The number of rotatable bonds is 8. The summed E-state index contributed by atoms with van der Waals surface area (Å²) < 4.78 is 11.8. The van der Waals surface area contributed by atoms with Crippen LogP contribution >= 0.6 is 0 Å². The lowest BCUT2D eigenvalue weighted by Crippen LogP contribution is -2.38. The molecule has 3 aromatic rings. The SMILES string of the molecule is CCN(CC(=O)Nc1ccccc1OC)C(=O)CCn1c(=O)oc2ccccc21. The van der Waals surface area contributed by atoms with Crippen LogP contribution in [0, 0.1) is 0 Å². The van der Waals surface area contributed by atoms with E-state index in [0.717, 1.165) is 0 Å². The number of benzene rings is 2. The van der Waals surface area contributed by atoms with Gasteiger partial charge in [-0.25, -0.2) is 4.79 Å². The van der Waals surface area contributed by atoms with Crippen LogP contribution in [0.1, 0.15) is 13.3 Å². The molecule has 2 aromatic carbocycles. The van der Waals surface area contributed by atoms with Crippen LogP contribution in [0.2, 0.25) is 0 Å². The predicted molar refractivity (Wildman–Crippen MR) is 109 cm³/mol. The summed E-state index contributed by atoms with van der Waals surface area (Å²) in [5, 5.41) is 2.76. The van der Waals surface area contributed by atoms with Crippen LogP contribution in [0.5, 0.6) is 5.75 Å². The van der Waals surface area contributed by atoms with Gasteiger partial charge >= 0.3 is 5.76 Å². The number of hydrogen-bond donors (Lipinski definition) is 1. The molecule has 8 heteroatoms. The van der Waals surface area contributed by atoms with Gasteiger partial charge < -0.3 is 19.4 Å². The Kier molecular flexibility index (Phi) is 6.33. The van der Waals surface area contributed by atoms with Crippen molar-refractivity contribution in [2.45, 2.75) is 19.9 Å². The summed E-state index contributed by atoms with van der Waals surface area (Å²) in [6, 6.07) is 14.1. The number of nitrogens with zero attached hydrogens (tertiary/aromatic N) is 2. The molecular formula is C21H23N3O5. The highest BCUT2D eigenvalue weighted by Crippen LogP contribution is 2.22. The molecule has 0 fully saturated rings. The van der Waals surface area contributed by atoms with Gasteiger partial charge in [-0.3, -0.25) is 14.2 Å². The van der Waals surface area contributed by atoms with Crippen molar-refractivity contribution in [2.75, 3.05) is 25.5 Å². The maximum absolute atomic E-state index is 12.6. The number of amides is 2. The van der Waals surface area contributed by atoms with E-state index < -0.39 is 5.76 Å². The molecule has 0 unspecified atom stereocenters. The average molecular weight is 397 g/mol. The van der Waals surface area contributed by atoms with Crippen molar-refractivity contribution < 1.29 is 18.7 Å². The van der Waals surface area contributed by atoms with E-state index in [4.69, 9.17) is 9.15 Å². The lowest BCUT2D eigenvalue weighted by atomic mass is 10.3. The molecule has 8 nitrogen and oxygen atoms in total. The third-order valence-electron chi connectivity index (χ3n) is 4.57. The fraction of sp³-hybridized carbons (Fsp3) is 0.286. The zero-order valence-electron chi connectivity index (χ0n) is 16.4. The number of hydrogen-bond acceptors (Lipinski definition) is 5. The minimum atomic E-state index is -0.504. The Morgan fingerprint density at radius 1 is 1.14 bits per heavy atom. The molecule has 1 heterocycles. The van der Waals surface area contributed by atoms with Gasteiger partial charge in [0.2, 0.25) is 11.8 Å². The summed E-state index contributed by atoms with van der Waals surface area (Å²) in [5.41, 5.74) is 1.66. The number of anilines is 1.